The molecular weight excluding hydrogens is 244 g/mol. The number of hydrogen-bond acceptors (Lipinski definition) is 4. The van der Waals surface area contributed by atoms with E-state index in [4.69, 9.17) is 4.74 Å². The molecule has 3 saturated heterocycles. The SMILES string of the molecule is CC(C(=O)N1CCOCC1)N1C2CCC1CC(O)C2. The second kappa shape index (κ2) is 5.38. The molecule has 3 aliphatic rings. The van der Waals surface area contributed by atoms with Crippen LogP contribution in [0.2, 0.25) is 0 Å². The molecule has 5 nitrogen and oxygen atoms in total. The second-order valence-corrected chi connectivity index (χ2v) is 6.07. The number of carbonyl (C=O) groups excluding carboxylic acids is 1. The van der Waals surface area contributed by atoms with Gasteiger partial charge in [-0.2, -0.15) is 0 Å². The minimum absolute atomic E-state index is 0.0527. The van der Waals surface area contributed by atoms with Crippen LogP contribution >= 0.6 is 0 Å². The summed E-state index contributed by atoms with van der Waals surface area (Å²) in [7, 11) is 0. The van der Waals surface area contributed by atoms with Crippen LogP contribution in [0.15, 0.2) is 0 Å². The maximum absolute atomic E-state index is 12.6. The van der Waals surface area contributed by atoms with Gasteiger partial charge in [0.15, 0.2) is 0 Å². The van der Waals surface area contributed by atoms with E-state index < -0.39 is 0 Å². The van der Waals surface area contributed by atoms with Crippen molar-refractivity contribution in [2.45, 2.75) is 56.8 Å². The Bertz CT molecular complexity index is 330. The maximum atomic E-state index is 12.6. The Labute approximate surface area is 114 Å². The first-order valence-corrected chi connectivity index (χ1v) is 7.49. The van der Waals surface area contributed by atoms with E-state index in [1.54, 1.807) is 0 Å². The fraction of sp³-hybridized carbons (Fsp3) is 0.929. The van der Waals surface area contributed by atoms with Crippen LogP contribution in [-0.4, -0.2) is 71.3 Å². The minimum atomic E-state index is -0.167. The summed E-state index contributed by atoms with van der Waals surface area (Å²) in [6.45, 7) is 4.78. The Morgan fingerprint density at radius 2 is 1.79 bits per heavy atom. The molecular formula is C14H24N2O3. The molecule has 0 aliphatic carbocycles. The Hall–Kier alpha value is -0.650. The van der Waals surface area contributed by atoms with E-state index >= 15 is 0 Å². The lowest BCUT2D eigenvalue weighted by Crippen LogP contribution is -2.56. The summed E-state index contributed by atoms with van der Waals surface area (Å²) >= 11 is 0. The summed E-state index contributed by atoms with van der Waals surface area (Å²) in [6.07, 6.45) is 3.75. The molecule has 0 aromatic rings. The molecule has 3 rings (SSSR count). The molecule has 2 bridgehead atoms. The highest BCUT2D eigenvalue weighted by Crippen LogP contribution is 2.37. The van der Waals surface area contributed by atoms with Crippen molar-refractivity contribution < 1.29 is 14.6 Å². The van der Waals surface area contributed by atoms with Crippen molar-refractivity contribution >= 4 is 5.91 Å². The maximum Gasteiger partial charge on any atom is 0.239 e. The van der Waals surface area contributed by atoms with Crippen LogP contribution in [0.25, 0.3) is 0 Å². The van der Waals surface area contributed by atoms with E-state index in [0.29, 0.717) is 25.3 Å². The molecule has 0 spiro atoms. The van der Waals surface area contributed by atoms with Crippen molar-refractivity contribution in [2.75, 3.05) is 26.3 Å². The largest absolute Gasteiger partial charge is 0.393 e. The lowest BCUT2D eigenvalue weighted by Gasteiger charge is -2.42. The molecule has 3 fully saturated rings. The number of aliphatic hydroxyl groups excluding tert-OH is 1. The normalized spacial score (nSPS) is 37.4. The highest BCUT2D eigenvalue weighted by Gasteiger charge is 2.44. The Morgan fingerprint density at radius 1 is 1.21 bits per heavy atom. The quantitative estimate of drug-likeness (QED) is 0.778. The Balaban J connectivity index is 1.66. The molecule has 1 N–H and O–H groups in total. The number of rotatable bonds is 2. The molecule has 0 saturated carbocycles. The number of ether oxygens (including phenoxy) is 1. The first kappa shape index (κ1) is 13.3. The number of nitrogens with zero attached hydrogens (tertiary/aromatic N) is 2. The van der Waals surface area contributed by atoms with Gasteiger partial charge in [0, 0.05) is 25.2 Å². The van der Waals surface area contributed by atoms with Crippen molar-refractivity contribution in [3.63, 3.8) is 0 Å². The fourth-order valence-corrected chi connectivity index (χ4v) is 3.99. The van der Waals surface area contributed by atoms with E-state index in [0.717, 1.165) is 38.8 Å². The van der Waals surface area contributed by atoms with Gasteiger partial charge in [0.2, 0.25) is 5.91 Å². The smallest absolute Gasteiger partial charge is 0.239 e. The summed E-state index contributed by atoms with van der Waals surface area (Å²) in [5, 5.41) is 9.84. The zero-order valence-electron chi connectivity index (χ0n) is 11.6. The van der Waals surface area contributed by atoms with Crippen LogP contribution in [0.5, 0.6) is 0 Å². The first-order chi connectivity index (χ1) is 9.16. The number of carbonyl (C=O) groups is 1. The molecule has 0 aromatic carbocycles. The average Bonchev–Trinajstić information content (AvgIpc) is 2.70. The van der Waals surface area contributed by atoms with E-state index in [-0.39, 0.29) is 18.1 Å². The summed E-state index contributed by atoms with van der Waals surface area (Å²) in [5.74, 6) is 0.233. The van der Waals surface area contributed by atoms with Gasteiger partial charge in [-0.3, -0.25) is 9.69 Å². The zero-order valence-corrected chi connectivity index (χ0v) is 11.6. The van der Waals surface area contributed by atoms with Crippen LogP contribution in [0.1, 0.15) is 32.6 Å². The van der Waals surface area contributed by atoms with Gasteiger partial charge in [-0.05, 0) is 32.6 Å². The van der Waals surface area contributed by atoms with Gasteiger partial charge in [-0.1, -0.05) is 0 Å². The predicted octanol–water partition coefficient (Wildman–Crippen LogP) is 0.221. The third-order valence-electron chi connectivity index (χ3n) is 4.89. The number of aliphatic hydroxyl groups is 1. The topological polar surface area (TPSA) is 53.0 Å². The second-order valence-electron chi connectivity index (χ2n) is 6.07. The van der Waals surface area contributed by atoms with Crippen LogP contribution in [0.3, 0.4) is 0 Å². The highest BCUT2D eigenvalue weighted by atomic mass is 16.5. The van der Waals surface area contributed by atoms with Crippen molar-refractivity contribution in [3.8, 4) is 0 Å². The van der Waals surface area contributed by atoms with Crippen LogP contribution in [-0.2, 0) is 9.53 Å². The zero-order chi connectivity index (χ0) is 13.4. The monoisotopic (exact) mass is 268 g/mol. The van der Waals surface area contributed by atoms with E-state index in [1.165, 1.54) is 0 Å². The standard InChI is InChI=1S/C14H24N2O3/c1-10(14(18)15-4-6-19-7-5-15)16-11-2-3-12(16)9-13(17)8-11/h10-13,17H,2-9H2,1H3. The van der Waals surface area contributed by atoms with Crippen molar-refractivity contribution in [2.24, 2.45) is 0 Å². The first-order valence-electron chi connectivity index (χ1n) is 7.49. The number of morpholine rings is 1. The Kier molecular flexibility index (Phi) is 3.78. The molecule has 1 amide bonds. The summed E-state index contributed by atoms with van der Waals surface area (Å²) in [5.41, 5.74) is 0. The molecule has 19 heavy (non-hydrogen) atoms. The van der Waals surface area contributed by atoms with E-state index in [9.17, 15) is 9.90 Å². The molecule has 0 radical (unpaired) electrons. The van der Waals surface area contributed by atoms with Crippen LogP contribution in [0.4, 0.5) is 0 Å². The van der Waals surface area contributed by atoms with Gasteiger partial charge in [0.05, 0.1) is 25.4 Å². The molecule has 3 unspecified atom stereocenters. The number of hydrogen-bond donors (Lipinski definition) is 1. The van der Waals surface area contributed by atoms with Crippen molar-refractivity contribution in [1.29, 1.82) is 0 Å². The molecule has 3 atom stereocenters. The fourth-order valence-electron chi connectivity index (χ4n) is 3.99. The van der Waals surface area contributed by atoms with Gasteiger partial charge < -0.3 is 14.7 Å². The third-order valence-corrected chi connectivity index (χ3v) is 4.89. The lowest BCUT2D eigenvalue weighted by molar-refractivity contribution is -0.143. The number of amides is 1. The van der Waals surface area contributed by atoms with Gasteiger partial charge in [0.1, 0.15) is 0 Å². The molecule has 3 heterocycles. The molecule has 0 aromatic heterocycles. The van der Waals surface area contributed by atoms with Gasteiger partial charge in [0.25, 0.3) is 0 Å². The molecule has 3 aliphatic heterocycles. The number of fused-ring (bicyclic) bond motifs is 2. The average molecular weight is 268 g/mol. The van der Waals surface area contributed by atoms with E-state index in [2.05, 4.69) is 4.90 Å². The summed E-state index contributed by atoms with van der Waals surface area (Å²) < 4.78 is 5.30. The third kappa shape index (κ3) is 2.51. The molecule has 108 valence electrons. The summed E-state index contributed by atoms with van der Waals surface area (Å²) in [4.78, 5) is 16.9. The summed E-state index contributed by atoms with van der Waals surface area (Å²) in [6, 6.07) is 0.741. The van der Waals surface area contributed by atoms with Crippen LogP contribution < -0.4 is 0 Å². The Morgan fingerprint density at radius 3 is 2.37 bits per heavy atom. The molecule has 5 heteroatoms. The van der Waals surface area contributed by atoms with Crippen LogP contribution in [0, 0.1) is 0 Å². The van der Waals surface area contributed by atoms with Gasteiger partial charge in [-0.25, -0.2) is 0 Å². The number of piperidine rings is 1. The van der Waals surface area contributed by atoms with E-state index in [1.807, 2.05) is 11.8 Å². The van der Waals surface area contributed by atoms with Crippen molar-refractivity contribution in [1.82, 2.24) is 9.80 Å². The highest BCUT2D eigenvalue weighted by molar-refractivity contribution is 5.81. The predicted molar refractivity (Wildman–Crippen MR) is 70.8 cm³/mol. The van der Waals surface area contributed by atoms with Crippen molar-refractivity contribution in [3.05, 3.63) is 0 Å². The lowest BCUT2D eigenvalue weighted by atomic mass is 9.97. The minimum Gasteiger partial charge on any atom is -0.393 e. The van der Waals surface area contributed by atoms with Gasteiger partial charge in [-0.15, -0.1) is 0 Å². The van der Waals surface area contributed by atoms with Gasteiger partial charge >= 0.3 is 0 Å².